The van der Waals surface area contributed by atoms with Gasteiger partial charge in [0.15, 0.2) is 5.96 Å². The van der Waals surface area contributed by atoms with Crippen LogP contribution in [0.1, 0.15) is 19.4 Å². The van der Waals surface area contributed by atoms with Crippen molar-refractivity contribution in [3.8, 4) is 0 Å². The van der Waals surface area contributed by atoms with E-state index in [1.165, 1.54) is 6.07 Å². The minimum atomic E-state index is -0.347. The fourth-order valence-corrected chi connectivity index (χ4v) is 3.65. The summed E-state index contributed by atoms with van der Waals surface area (Å²) >= 11 is 1.96. The van der Waals surface area contributed by atoms with Crippen molar-refractivity contribution < 1.29 is 4.92 Å². The van der Waals surface area contributed by atoms with Crippen LogP contribution in [0.2, 0.25) is 0 Å². The zero-order valence-electron chi connectivity index (χ0n) is 13.2. The van der Waals surface area contributed by atoms with Gasteiger partial charge in [-0.2, -0.15) is 11.8 Å². The van der Waals surface area contributed by atoms with Gasteiger partial charge in [0.1, 0.15) is 0 Å². The van der Waals surface area contributed by atoms with Crippen LogP contribution in [0.5, 0.6) is 0 Å². The molecule has 22 heavy (non-hydrogen) atoms. The van der Waals surface area contributed by atoms with Gasteiger partial charge in [0.2, 0.25) is 0 Å². The Kier molecular flexibility index (Phi) is 5.28. The van der Waals surface area contributed by atoms with Gasteiger partial charge in [0, 0.05) is 48.8 Å². The van der Waals surface area contributed by atoms with E-state index < -0.39 is 0 Å². The number of nitrogens with zero attached hydrogens (tertiary/aromatic N) is 3. The van der Waals surface area contributed by atoms with E-state index in [1.54, 1.807) is 19.2 Å². The Labute approximate surface area is 135 Å². The van der Waals surface area contributed by atoms with Crippen LogP contribution >= 0.6 is 11.8 Å². The van der Waals surface area contributed by atoms with Crippen LogP contribution in [0.4, 0.5) is 5.69 Å². The van der Waals surface area contributed by atoms with Crippen molar-refractivity contribution in [3.05, 3.63) is 39.9 Å². The molecular weight excluding hydrogens is 300 g/mol. The van der Waals surface area contributed by atoms with E-state index in [-0.39, 0.29) is 15.4 Å². The maximum absolute atomic E-state index is 11.1. The Bertz CT molecular complexity index is 574. The summed E-state index contributed by atoms with van der Waals surface area (Å²) in [6.45, 7) is 6.69. The lowest BCUT2D eigenvalue weighted by Crippen LogP contribution is -2.50. The van der Waals surface area contributed by atoms with E-state index >= 15 is 0 Å². The topological polar surface area (TPSA) is 70.8 Å². The summed E-state index contributed by atoms with van der Waals surface area (Å²) in [5.74, 6) is 1.85. The maximum Gasteiger partial charge on any atom is 0.274 e. The number of nitro benzene ring substituents is 1. The van der Waals surface area contributed by atoms with Crippen molar-refractivity contribution in [2.24, 2.45) is 4.99 Å². The monoisotopic (exact) mass is 322 g/mol. The fourth-order valence-electron chi connectivity index (χ4n) is 2.54. The first-order valence-corrected chi connectivity index (χ1v) is 8.23. The van der Waals surface area contributed by atoms with Crippen LogP contribution in [0, 0.1) is 10.1 Å². The normalized spacial score (nSPS) is 18.1. The summed E-state index contributed by atoms with van der Waals surface area (Å²) in [5.41, 5.74) is 0.805. The molecule has 2 rings (SSSR count). The number of hydrogen-bond acceptors (Lipinski definition) is 4. The Morgan fingerprint density at radius 2 is 2.23 bits per heavy atom. The second kappa shape index (κ2) is 7.00. The van der Waals surface area contributed by atoms with Crippen molar-refractivity contribution in [1.29, 1.82) is 0 Å². The summed E-state index contributed by atoms with van der Waals surface area (Å²) < 4.78 is 0.189. The molecule has 0 saturated carbocycles. The molecule has 1 N–H and O–H groups in total. The molecule has 1 aromatic carbocycles. The van der Waals surface area contributed by atoms with Crippen molar-refractivity contribution >= 4 is 23.4 Å². The van der Waals surface area contributed by atoms with E-state index in [9.17, 15) is 10.1 Å². The molecule has 120 valence electrons. The third kappa shape index (κ3) is 4.13. The SMILES string of the molecule is CN=C(NCc1ccccc1[N+](=O)[O-])N1CCSC(C)(C)C1. The zero-order valence-corrected chi connectivity index (χ0v) is 14.0. The first kappa shape index (κ1) is 16.6. The summed E-state index contributed by atoms with van der Waals surface area (Å²) in [5, 5.41) is 14.3. The van der Waals surface area contributed by atoms with Crippen LogP contribution < -0.4 is 5.32 Å². The number of rotatable bonds is 3. The van der Waals surface area contributed by atoms with Gasteiger partial charge in [0.25, 0.3) is 5.69 Å². The van der Waals surface area contributed by atoms with E-state index in [2.05, 4.69) is 29.1 Å². The smallest absolute Gasteiger partial charge is 0.274 e. The van der Waals surface area contributed by atoms with Gasteiger partial charge in [-0.1, -0.05) is 18.2 Å². The number of thioether (sulfide) groups is 1. The van der Waals surface area contributed by atoms with Crippen LogP contribution in [0.25, 0.3) is 0 Å². The van der Waals surface area contributed by atoms with E-state index in [0.717, 1.165) is 24.8 Å². The molecule has 0 spiro atoms. The molecule has 0 radical (unpaired) electrons. The number of guanidine groups is 1. The highest BCUT2D eigenvalue weighted by atomic mass is 32.2. The molecule has 0 atom stereocenters. The molecule has 1 aliphatic heterocycles. The molecule has 0 aromatic heterocycles. The number of aliphatic imine (C=N–C) groups is 1. The van der Waals surface area contributed by atoms with E-state index in [1.807, 2.05) is 17.8 Å². The molecule has 0 unspecified atom stereocenters. The average molecular weight is 322 g/mol. The molecule has 0 amide bonds. The molecule has 1 aromatic rings. The van der Waals surface area contributed by atoms with Crippen LogP contribution in [-0.4, -0.2) is 46.4 Å². The second-order valence-electron chi connectivity index (χ2n) is 5.82. The van der Waals surface area contributed by atoms with Gasteiger partial charge in [-0.05, 0) is 13.8 Å². The Hall–Kier alpha value is -1.76. The number of benzene rings is 1. The van der Waals surface area contributed by atoms with E-state index in [0.29, 0.717) is 12.1 Å². The van der Waals surface area contributed by atoms with Gasteiger partial charge in [-0.15, -0.1) is 0 Å². The zero-order chi connectivity index (χ0) is 16.2. The van der Waals surface area contributed by atoms with Crippen LogP contribution in [-0.2, 0) is 6.54 Å². The molecule has 1 heterocycles. The maximum atomic E-state index is 11.1. The lowest BCUT2D eigenvalue weighted by Gasteiger charge is -2.39. The van der Waals surface area contributed by atoms with Crippen molar-refractivity contribution in [2.75, 3.05) is 25.9 Å². The molecule has 1 fully saturated rings. The Morgan fingerprint density at radius 3 is 2.86 bits per heavy atom. The minimum absolute atomic E-state index is 0.139. The Morgan fingerprint density at radius 1 is 1.50 bits per heavy atom. The van der Waals surface area contributed by atoms with Gasteiger partial charge >= 0.3 is 0 Å². The van der Waals surface area contributed by atoms with Gasteiger partial charge in [-0.25, -0.2) is 0 Å². The predicted molar refractivity (Wildman–Crippen MR) is 91.4 cm³/mol. The number of hydrogen-bond donors (Lipinski definition) is 1. The minimum Gasteiger partial charge on any atom is -0.352 e. The summed E-state index contributed by atoms with van der Waals surface area (Å²) in [4.78, 5) is 17.2. The summed E-state index contributed by atoms with van der Waals surface area (Å²) in [7, 11) is 1.75. The molecular formula is C15H22N4O2S. The summed E-state index contributed by atoms with van der Waals surface area (Å²) in [6.07, 6.45) is 0. The standard InChI is InChI=1S/C15H22N4O2S/c1-15(2)11-18(8-9-22-15)14(16-3)17-10-12-6-4-5-7-13(12)19(20)21/h4-7H,8-11H2,1-3H3,(H,16,17). The molecule has 7 heteroatoms. The number of nitro groups is 1. The highest BCUT2D eigenvalue weighted by Gasteiger charge is 2.28. The van der Waals surface area contributed by atoms with Crippen molar-refractivity contribution in [2.45, 2.75) is 25.1 Å². The van der Waals surface area contributed by atoms with Crippen LogP contribution in [0.15, 0.2) is 29.3 Å². The molecule has 1 saturated heterocycles. The van der Waals surface area contributed by atoms with Crippen LogP contribution in [0.3, 0.4) is 0 Å². The van der Waals surface area contributed by atoms with Gasteiger partial charge < -0.3 is 10.2 Å². The Balaban J connectivity index is 2.05. The molecule has 0 bridgehead atoms. The predicted octanol–water partition coefficient (Wildman–Crippen LogP) is 2.50. The largest absolute Gasteiger partial charge is 0.352 e. The highest BCUT2D eigenvalue weighted by Crippen LogP contribution is 2.29. The molecule has 0 aliphatic carbocycles. The average Bonchev–Trinajstić information content (AvgIpc) is 2.47. The first-order valence-electron chi connectivity index (χ1n) is 7.25. The van der Waals surface area contributed by atoms with Gasteiger partial charge in [0.05, 0.1) is 4.92 Å². The molecule has 1 aliphatic rings. The lowest BCUT2D eigenvalue weighted by atomic mass is 10.1. The van der Waals surface area contributed by atoms with Crippen molar-refractivity contribution in [3.63, 3.8) is 0 Å². The highest BCUT2D eigenvalue weighted by molar-refractivity contribution is 8.00. The van der Waals surface area contributed by atoms with Crippen molar-refractivity contribution in [1.82, 2.24) is 10.2 Å². The third-order valence-electron chi connectivity index (χ3n) is 3.56. The lowest BCUT2D eigenvalue weighted by molar-refractivity contribution is -0.385. The fraction of sp³-hybridized carbons (Fsp3) is 0.533. The molecule has 6 nitrogen and oxygen atoms in total. The first-order chi connectivity index (χ1) is 10.4. The quantitative estimate of drug-likeness (QED) is 0.401. The third-order valence-corrected chi connectivity index (χ3v) is 4.86. The van der Waals surface area contributed by atoms with Gasteiger partial charge in [-0.3, -0.25) is 15.1 Å². The summed E-state index contributed by atoms with van der Waals surface area (Å²) in [6, 6.07) is 6.79. The van der Waals surface area contributed by atoms with E-state index in [4.69, 9.17) is 0 Å². The second-order valence-corrected chi connectivity index (χ2v) is 7.62. The number of nitrogens with one attached hydrogen (secondary N) is 1. The number of para-hydroxylation sites is 1.